The van der Waals surface area contributed by atoms with Gasteiger partial charge in [-0.05, 0) is 24.7 Å². The van der Waals surface area contributed by atoms with E-state index in [4.69, 9.17) is 5.73 Å². The third-order valence-corrected chi connectivity index (χ3v) is 5.05. The van der Waals surface area contributed by atoms with Crippen molar-refractivity contribution in [2.75, 3.05) is 19.6 Å². The number of amides is 2. The predicted octanol–water partition coefficient (Wildman–Crippen LogP) is 1.27. The first kappa shape index (κ1) is 16.3. The fraction of sp³-hybridized carbons (Fsp3) is 0.875. The van der Waals surface area contributed by atoms with E-state index in [1.165, 1.54) is 6.42 Å². The molecule has 0 spiro atoms. The van der Waals surface area contributed by atoms with Crippen LogP contribution in [0.1, 0.15) is 52.4 Å². The average Bonchev–Trinajstić information content (AvgIpc) is 2.48. The van der Waals surface area contributed by atoms with E-state index in [-0.39, 0.29) is 35.7 Å². The van der Waals surface area contributed by atoms with Gasteiger partial charge in [0.2, 0.25) is 11.8 Å². The summed E-state index contributed by atoms with van der Waals surface area (Å²) < 4.78 is 0. The Kier molecular flexibility index (Phi) is 5.25. The molecule has 5 nitrogen and oxygen atoms in total. The van der Waals surface area contributed by atoms with Crippen molar-refractivity contribution >= 4 is 11.8 Å². The van der Waals surface area contributed by atoms with Crippen molar-refractivity contribution < 1.29 is 9.59 Å². The lowest BCUT2D eigenvalue weighted by atomic mass is 9.79. The summed E-state index contributed by atoms with van der Waals surface area (Å²) in [6.45, 7) is 5.69. The fourth-order valence-electron chi connectivity index (χ4n) is 3.37. The Balaban J connectivity index is 1.78. The molecule has 3 N–H and O–H groups in total. The summed E-state index contributed by atoms with van der Waals surface area (Å²) in [5.41, 5.74) is 6.03. The molecule has 1 saturated carbocycles. The van der Waals surface area contributed by atoms with E-state index in [0.29, 0.717) is 13.1 Å². The number of carbonyl (C=O) groups is 2. The Morgan fingerprint density at radius 1 is 1.19 bits per heavy atom. The van der Waals surface area contributed by atoms with Crippen LogP contribution in [0.3, 0.4) is 0 Å². The predicted molar refractivity (Wildman–Crippen MR) is 82.5 cm³/mol. The van der Waals surface area contributed by atoms with Gasteiger partial charge in [0, 0.05) is 25.0 Å². The Bertz CT molecular complexity index is 389. The van der Waals surface area contributed by atoms with Gasteiger partial charge in [-0.25, -0.2) is 0 Å². The summed E-state index contributed by atoms with van der Waals surface area (Å²) in [4.78, 5) is 26.2. The lowest BCUT2D eigenvalue weighted by molar-refractivity contribution is -0.136. The lowest BCUT2D eigenvalue weighted by Crippen LogP contribution is -2.55. The van der Waals surface area contributed by atoms with E-state index < -0.39 is 0 Å². The number of nitrogens with zero attached hydrogens (tertiary/aromatic N) is 1. The molecule has 0 aromatic rings. The van der Waals surface area contributed by atoms with Crippen molar-refractivity contribution in [1.82, 2.24) is 10.2 Å². The molecule has 1 aliphatic heterocycles. The zero-order valence-electron chi connectivity index (χ0n) is 13.4. The Labute approximate surface area is 127 Å². The molecule has 1 heterocycles. The van der Waals surface area contributed by atoms with E-state index in [1.54, 1.807) is 0 Å². The smallest absolute Gasteiger partial charge is 0.241 e. The maximum atomic E-state index is 12.3. The third kappa shape index (κ3) is 4.19. The molecule has 1 saturated heterocycles. The third-order valence-electron chi connectivity index (χ3n) is 5.05. The molecular formula is C16H29N3O2. The second-order valence-electron chi connectivity index (χ2n) is 7.25. The minimum atomic E-state index is -0.0543. The topological polar surface area (TPSA) is 75.4 Å². The second-order valence-corrected chi connectivity index (χ2v) is 7.25. The molecule has 2 rings (SSSR count). The van der Waals surface area contributed by atoms with E-state index in [2.05, 4.69) is 19.2 Å². The highest BCUT2D eigenvalue weighted by Gasteiger charge is 2.35. The van der Waals surface area contributed by atoms with Gasteiger partial charge in [-0.15, -0.1) is 0 Å². The summed E-state index contributed by atoms with van der Waals surface area (Å²) in [6, 6.07) is 0.137. The van der Waals surface area contributed by atoms with Crippen LogP contribution in [0.5, 0.6) is 0 Å². The van der Waals surface area contributed by atoms with Crippen LogP contribution >= 0.6 is 0 Å². The normalized spacial score (nSPS) is 26.4. The van der Waals surface area contributed by atoms with Crippen LogP contribution in [0, 0.1) is 11.3 Å². The van der Waals surface area contributed by atoms with E-state index in [9.17, 15) is 9.59 Å². The van der Waals surface area contributed by atoms with Crippen molar-refractivity contribution in [3.63, 3.8) is 0 Å². The molecule has 1 atom stereocenters. The van der Waals surface area contributed by atoms with Gasteiger partial charge in [0.15, 0.2) is 0 Å². The monoisotopic (exact) mass is 295 g/mol. The standard InChI is InChI=1S/C16H29N3O2/c1-16(2)11-19(9-8-13(16)17)14(20)10-18-15(21)12-6-4-3-5-7-12/h12-13H,3-11,17H2,1-2H3,(H,18,21). The minimum absolute atomic E-state index is 0.0131. The van der Waals surface area contributed by atoms with Crippen molar-refractivity contribution in [2.45, 2.75) is 58.4 Å². The number of nitrogens with two attached hydrogens (primary N) is 1. The summed E-state index contributed by atoms with van der Waals surface area (Å²) in [5, 5.41) is 2.83. The number of nitrogens with one attached hydrogen (secondary N) is 1. The molecule has 120 valence electrons. The Morgan fingerprint density at radius 3 is 2.48 bits per heavy atom. The zero-order valence-corrected chi connectivity index (χ0v) is 13.4. The Morgan fingerprint density at radius 2 is 1.86 bits per heavy atom. The highest BCUT2D eigenvalue weighted by molar-refractivity contribution is 5.86. The van der Waals surface area contributed by atoms with Crippen LogP contribution in [0.25, 0.3) is 0 Å². The largest absolute Gasteiger partial charge is 0.347 e. The molecule has 2 amide bonds. The number of hydrogen-bond donors (Lipinski definition) is 2. The van der Waals surface area contributed by atoms with Gasteiger partial charge in [0.25, 0.3) is 0 Å². The van der Waals surface area contributed by atoms with Crippen LogP contribution < -0.4 is 11.1 Å². The van der Waals surface area contributed by atoms with Gasteiger partial charge in [-0.2, -0.15) is 0 Å². The number of piperidine rings is 1. The van der Waals surface area contributed by atoms with Crippen molar-refractivity contribution in [2.24, 2.45) is 17.1 Å². The number of likely N-dealkylation sites (tertiary alicyclic amines) is 1. The summed E-state index contributed by atoms with van der Waals surface area (Å²) >= 11 is 0. The van der Waals surface area contributed by atoms with Crippen molar-refractivity contribution in [1.29, 1.82) is 0 Å². The van der Waals surface area contributed by atoms with E-state index in [1.807, 2.05) is 4.90 Å². The summed E-state index contributed by atoms with van der Waals surface area (Å²) in [6.07, 6.45) is 6.24. The van der Waals surface area contributed by atoms with Gasteiger partial charge in [0.1, 0.15) is 0 Å². The summed E-state index contributed by atoms with van der Waals surface area (Å²) in [7, 11) is 0. The van der Waals surface area contributed by atoms with Gasteiger partial charge in [0.05, 0.1) is 6.54 Å². The maximum absolute atomic E-state index is 12.3. The molecule has 0 radical (unpaired) electrons. The van der Waals surface area contributed by atoms with Crippen LogP contribution in [0.4, 0.5) is 0 Å². The molecule has 0 bridgehead atoms. The molecule has 21 heavy (non-hydrogen) atoms. The molecule has 5 heteroatoms. The van der Waals surface area contributed by atoms with Crippen LogP contribution in [0.15, 0.2) is 0 Å². The quantitative estimate of drug-likeness (QED) is 0.823. The minimum Gasteiger partial charge on any atom is -0.347 e. The van der Waals surface area contributed by atoms with Crippen molar-refractivity contribution in [3.8, 4) is 0 Å². The summed E-state index contributed by atoms with van der Waals surface area (Å²) in [5.74, 6) is 0.174. The van der Waals surface area contributed by atoms with E-state index >= 15 is 0 Å². The van der Waals surface area contributed by atoms with Gasteiger partial charge < -0.3 is 16.0 Å². The van der Waals surface area contributed by atoms with Crippen LogP contribution in [0.2, 0.25) is 0 Å². The molecular weight excluding hydrogens is 266 g/mol. The molecule has 1 aliphatic carbocycles. The highest BCUT2D eigenvalue weighted by atomic mass is 16.2. The molecule has 0 aromatic carbocycles. The molecule has 0 aromatic heterocycles. The zero-order chi connectivity index (χ0) is 15.5. The van der Waals surface area contributed by atoms with Gasteiger partial charge >= 0.3 is 0 Å². The maximum Gasteiger partial charge on any atom is 0.241 e. The fourth-order valence-corrected chi connectivity index (χ4v) is 3.37. The van der Waals surface area contributed by atoms with E-state index in [0.717, 1.165) is 32.1 Å². The van der Waals surface area contributed by atoms with Crippen LogP contribution in [-0.4, -0.2) is 42.4 Å². The second kappa shape index (κ2) is 6.77. The first-order chi connectivity index (χ1) is 9.90. The molecule has 2 fully saturated rings. The average molecular weight is 295 g/mol. The van der Waals surface area contributed by atoms with Gasteiger partial charge in [-0.1, -0.05) is 33.1 Å². The number of hydrogen-bond acceptors (Lipinski definition) is 3. The van der Waals surface area contributed by atoms with Crippen molar-refractivity contribution in [3.05, 3.63) is 0 Å². The molecule has 1 unspecified atom stereocenters. The SMILES string of the molecule is CC1(C)CN(C(=O)CNC(=O)C2CCCCC2)CCC1N. The van der Waals surface area contributed by atoms with Gasteiger partial charge in [-0.3, -0.25) is 9.59 Å². The number of rotatable bonds is 3. The van der Waals surface area contributed by atoms with Crippen LogP contribution in [-0.2, 0) is 9.59 Å². The molecule has 2 aliphatic rings. The first-order valence-electron chi connectivity index (χ1n) is 8.21. The lowest BCUT2D eigenvalue weighted by Gasteiger charge is -2.42. The first-order valence-corrected chi connectivity index (χ1v) is 8.21. The Hall–Kier alpha value is -1.10. The number of carbonyl (C=O) groups excluding carboxylic acids is 2. The highest BCUT2D eigenvalue weighted by Crippen LogP contribution is 2.27.